The molecule has 0 bridgehead atoms. The average molecular weight is 340 g/mol. The lowest BCUT2D eigenvalue weighted by Gasteiger charge is -2.34. The van der Waals surface area contributed by atoms with Crippen molar-refractivity contribution in [2.24, 2.45) is 0 Å². The third-order valence-electron chi connectivity index (χ3n) is 3.11. The minimum Gasteiger partial charge on any atom is -0.394 e. The molecule has 6 heteroatoms. The largest absolute Gasteiger partial charge is 0.394 e. The Kier molecular flexibility index (Phi) is 6.52. The van der Waals surface area contributed by atoms with Crippen LogP contribution in [0.3, 0.4) is 0 Å². The Morgan fingerprint density at radius 1 is 1.39 bits per heavy atom. The third-order valence-corrected chi connectivity index (χ3v) is 3.72. The van der Waals surface area contributed by atoms with Crippen LogP contribution < -0.4 is 5.32 Å². The fourth-order valence-corrected chi connectivity index (χ4v) is 2.56. The van der Waals surface area contributed by atoms with Gasteiger partial charge in [0.2, 0.25) is 0 Å². The third kappa shape index (κ3) is 3.42. The van der Waals surface area contributed by atoms with Crippen LogP contribution in [0.2, 0.25) is 0 Å². The Bertz CT molecular complexity index is 388. The summed E-state index contributed by atoms with van der Waals surface area (Å²) < 4.78 is 14.4. The summed E-state index contributed by atoms with van der Waals surface area (Å²) in [4.78, 5) is 2.11. The van der Waals surface area contributed by atoms with E-state index in [1.165, 1.54) is 0 Å². The average Bonchev–Trinajstić information content (AvgIpc) is 2.37. The topological polar surface area (TPSA) is 35.5 Å². The number of hydrogen-bond acceptors (Lipinski definition) is 3. The Labute approximate surface area is 121 Å². The van der Waals surface area contributed by atoms with Crippen molar-refractivity contribution in [1.82, 2.24) is 10.2 Å². The van der Waals surface area contributed by atoms with Crippen molar-refractivity contribution in [2.45, 2.75) is 6.04 Å². The van der Waals surface area contributed by atoms with E-state index in [2.05, 4.69) is 26.1 Å². The van der Waals surface area contributed by atoms with Crippen LogP contribution in [0.5, 0.6) is 0 Å². The van der Waals surface area contributed by atoms with E-state index in [1.807, 2.05) is 0 Å². The normalized spacial score (nSPS) is 18.2. The van der Waals surface area contributed by atoms with E-state index in [0.29, 0.717) is 10.0 Å². The summed E-state index contributed by atoms with van der Waals surface area (Å²) in [6.45, 7) is 3.36. The maximum absolute atomic E-state index is 14.0. The molecule has 0 unspecified atom stereocenters. The van der Waals surface area contributed by atoms with Crippen molar-refractivity contribution < 1.29 is 9.50 Å². The molecular formula is C12H17BrClFN2O. The molecule has 1 heterocycles. The number of halogens is 3. The smallest absolute Gasteiger partial charge is 0.142 e. The zero-order valence-corrected chi connectivity index (χ0v) is 12.3. The summed E-state index contributed by atoms with van der Waals surface area (Å²) in [6.07, 6.45) is 0. The SMILES string of the molecule is Cl.OC[C@@H](c1cccc(Br)c1F)N1CCNCC1. The van der Waals surface area contributed by atoms with Crippen molar-refractivity contribution in [1.29, 1.82) is 0 Å². The van der Waals surface area contributed by atoms with E-state index in [0.717, 1.165) is 26.2 Å². The number of aliphatic hydroxyl groups is 1. The van der Waals surface area contributed by atoms with E-state index in [1.54, 1.807) is 18.2 Å². The van der Waals surface area contributed by atoms with Gasteiger partial charge in [-0.15, -0.1) is 12.4 Å². The Morgan fingerprint density at radius 2 is 2.06 bits per heavy atom. The fourth-order valence-electron chi connectivity index (χ4n) is 2.18. The van der Waals surface area contributed by atoms with Crippen LogP contribution in [0.15, 0.2) is 22.7 Å². The van der Waals surface area contributed by atoms with Crippen molar-refractivity contribution in [3.05, 3.63) is 34.1 Å². The predicted molar refractivity (Wildman–Crippen MR) is 75.6 cm³/mol. The minimum atomic E-state index is -0.273. The van der Waals surface area contributed by atoms with Gasteiger partial charge in [0.25, 0.3) is 0 Å². The first-order valence-electron chi connectivity index (χ1n) is 5.73. The van der Waals surface area contributed by atoms with E-state index < -0.39 is 0 Å². The molecule has 1 fully saturated rings. The van der Waals surface area contributed by atoms with Crippen LogP contribution >= 0.6 is 28.3 Å². The molecule has 1 saturated heterocycles. The van der Waals surface area contributed by atoms with Gasteiger partial charge < -0.3 is 10.4 Å². The van der Waals surface area contributed by atoms with Gasteiger partial charge in [-0.1, -0.05) is 12.1 Å². The standard InChI is InChI=1S/C12H16BrFN2O.ClH/c13-10-3-1-2-9(12(10)14)11(8-17)16-6-4-15-5-7-16;/h1-3,11,15,17H,4-8H2;1H/t11-;/m0./s1. The van der Waals surface area contributed by atoms with Gasteiger partial charge in [0, 0.05) is 31.7 Å². The molecule has 3 nitrogen and oxygen atoms in total. The van der Waals surface area contributed by atoms with E-state index in [-0.39, 0.29) is 30.9 Å². The number of hydrogen-bond donors (Lipinski definition) is 2. The molecule has 1 aromatic carbocycles. The highest BCUT2D eigenvalue weighted by Crippen LogP contribution is 2.27. The highest BCUT2D eigenvalue weighted by atomic mass is 79.9. The highest BCUT2D eigenvalue weighted by molar-refractivity contribution is 9.10. The number of piperazine rings is 1. The van der Waals surface area contributed by atoms with Gasteiger partial charge in [-0.25, -0.2) is 4.39 Å². The molecule has 102 valence electrons. The first kappa shape index (κ1) is 15.9. The highest BCUT2D eigenvalue weighted by Gasteiger charge is 2.24. The monoisotopic (exact) mass is 338 g/mol. The summed E-state index contributed by atoms with van der Waals surface area (Å²) in [5, 5.41) is 12.7. The first-order chi connectivity index (χ1) is 8.24. The van der Waals surface area contributed by atoms with Crippen molar-refractivity contribution in [2.75, 3.05) is 32.8 Å². The van der Waals surface area contributed by atoms with Crippen LogP contribution in [0.4, 0.5) is 4.39 Å². The van der Waals surface area contributed by atoms with Crippen molar-refractivity contribution in [3.8, 4) is 0 Å². The quantitative estimate of drug-likeness (QED) is 0.883. The second-order valence-corrected chi connectivity index (χ2v) is 4.98. The number of nitrogens with one attached hydrogen (secondary N) is 1. The number of benzene rings is 1. The molecule has 1 aliphatic heterocycles. The second kappa shape index (κ2) is 7.40. The lowest BCUT2D eigenvalue weighted by atomic mass is 10.0. The van der Waals surface area contributed by atoms with Gasteiger partial charge in [0.1, 0.15) is 5.82 Å². The predicted octanol–water partition coefficient (Wildman–Crippen LogP) is 1.95. The zero-order valence-electron chi connectivity index (χ0n) is 9.90. The number of nitrogens with zero attached hydrogens (tertiary/aromatic N) is 1. The van der Waals surface area contributed by atoms with Crippen LogP contribution in [0, 0.1) is 5.82 Å². The Hall–Kier alpha value is -0.200. The molecule has 1 atom stereocenters. The molecule has 1 aliphatic rings. The summed E-state index contributed by atoms with van der Waals surface area (Å²) in [6, 6.07) is 4.95. The number of aliphatic hydroxyl groups excluding tert-OH is 1. The molecule has 1 aromatic rings. The molecule has 0 spiro atoms. The Balaban J connectivity index is 0.00000162. The number of rotatable bonds is 3. The van der Waals surface area contributed by atoms with Crippen molar-refractivity contribution in [3.63, 3.8) is 0 Å². The molecular weight excluding hydrogens is 323 g/mol. The molecule has 0 aliphatic carbocycles. The minimum absolute atomic E-state index is 0. The van der Waals surface area contributed by atoms with E-state index in [9.17, 15) is 9.50 Å². The van der Waals surface area contributed by atoms with Gasteiger partial charge in [0.15, 0.2) is 0 Å². The van der Waals surface area contributed by atoms with Crippen molar-refractivity contribution >= 4 is 28.3 Å². The lowest BCUT2D eigenvalue weighted by molar-refractivity contribution is 0.108. The molecule has 0 amide bonds. The summed E-state index contributed by atoms with van der Waals surface area (Å²) in [7, 11) is 0. The second-order valence-electron chi connectivity index (χ2n) is 4.13. The van der Waals surface area contributed by atoms with Gasteiger partial charge in [-0.3, -0.25) is 4.90 Å². The fraction of sp³-hybridized carbons (Fsp3) is 0.500. The van der Waals surface area contributed by atoms with E-state index >= 15 is 0 Å². The molecule has 2 N–H and O–H groups in total. The van der Waals surface area contributed by atoms with Gasteiger partial charge in [0.05, 0.1) is 17.1 Å². The van der Waals surface area contributed by atoms with Gasteiger partial charge >= 0.3 is 0 Å². The summed E-state index contributed by atoms with van der Waals surface area (Å²) in [5.74, 6) is -0.273. The molecule has 0 saturated carbocycles. The summed E-state index contributed by atoms with van der Waals surface area (Å²) in [5.41, 5.74) is 0.559. The molecule has 0 radical (unpaired) electrons. The molecule has 18 heavy (non-hydrogen) atoms. The van der Waals surface area contributed by atoms with Crippen LogP contribution in [-0.4, -0.2) is 42.8 Å². The van der Waals surface area contributed by atoms with Crippen LogP contribution in [0.25, 0.3) is 0 Å². The molecule has 2 rings (SSSR count). The zero-order chi connectivity index (χ0) is 12.3. The molecule has 0 aromatic heterocycles. The first-order valence-corrected chi connectivity index (χ1v) is 6.53. The van der Waals surface area contributed by atoms with Gasteiger partial charge in [-0.2, -0.15) is 0 Å². The Morgan fingerprint density at radius 3 is 2.67 bits per heavy atom. The van der Waals surface area contributed by atoms with Crippen LogP contribution in [-0.2, 0) is 0 Å². The van der Waals surface area contributed by atoms with Gasteiger partial charge in [-0.05, 0) is 22.0 Å². The lowest BCUT2D eigenvalue weighted by Crippen LogP contribution is -2.46. The summed E-state index contributed by atoms with van der Waals surface area (Å²) >= 11 is 3.18. The van der Waals surface area contributed by atoms with E-state index in [4.69, 9.17) is 0 Å². The maximum atomic E-state index is 14.0. The maximum Gasteiger partial charge on any atom is 0.142 e. The van der Waals surface area contributed by atoms with Crippen LogP contribution in [0.1, 0.15) is 11.6 Å².